The minimum Gasteiger partial charge on any atom is -0.392 e. The van der Waals surface area contributed by atoms with Gasteiger partial charge in [-0.15, -0.1) is 0 Å². The lowest BCUT2D eigenvalue weighted by Crippen LogP contribution is -2.12. The van der Waals surface area contributed by atoms with Crippen molar-refractivity contribution < 1.29 is 5.11 Å². The molecule has 1 unspecified atom stereocenters. The Balaban J connectivity index is 0.000000181. The topological polar surface area (TPSA) is 50.1 Å². The summed E-state index contributed by atoms with van der Waals surface area (Å²) < 4.78 is 1.92. The molecule has 1 aliphatic rings. The van der Waals surface area contributed by atoms with E-state index in [9.17, 15) is 0 Å². The van der Waals surface area contributed by atoms with Crippen molar-refractivity contribution in [2.24, 2.45) is 0 Å². The molecule has 1 aromatic rings. The standard InChI is InChI=1S/C7H12N2O.C6H13N/c1-6(10)5-9-4-3-8-7(9)2;1-2-4-6-7-5-3-1/h3-4,6,10H,5H2,1-2H3;7H,1-6H2. The van der Waals surface area contributed by atoms with Crippen molar-refractivity contribution >= 4 is 0 Å². The van der Waals surface area contributed by atoms with Crippen LogP contribution in [0.4, 0.5) is 0 Å². The average Bonchev–Trinajstić information content (AvgIpc) is 2.59. The second kappa shape index (κ2) is 8.25. The van der Waals surface area contributed by atoms with E-state index in [0.29, 0.717) is 6.54 Å². The van der Waals surface area contributed by atoms with Gasteiger partial charge in [0.2, 0.25) is 0 Å². The molecule has 4 heteroatoms. The molecular weight excluding hydrogens is 214 g/mol. The van der Waals surface area contributed by atoms with Crippen molar-refractivity contribution in [3.8, 4) is 0 Å². The van der Waals surface area contributed by atoms with E-state index in [1.54, 1.807) is 13.1 Å². The molecule has 0 radical (unpaired) electrons. The van der Waals surface area contributed by atoms with E-state index in [2.05, 4.69) is 10.3 Å². The molecule has 2 heterocycles. The molecule has 0 aliphatic carbocycles. The number of aliphatic hydroxyl groups is 1. The lowest BCUT2D eigenvalue weighted by atomic mass is 10.2. The van der Waals surface area contributed by atoms with Crippen LogP contribution in [-0.2, 0) is 6.54 Å². The molecule has 0 amide bonds. The number of hydrogen-bond donors (Lipinski definition) is 2. The van der Waals surface area contributed by atoms with Crippen LogP contribution in [0.2, 0.25) is 0 Å². The van der Waals surface area contributed by atoms with Gasteiger partial charge in [0, 0.05) is 18.9 Å². The predicted molar refractivity (Wildman–Crippen MR) is 70.0 cm³/mol. The van der Waals surface area contributed by atoms with Gasteiger partial charge in [0.15, 0.2) is 0 Å². The number of nitrogens with zero attached hydrogens (tertiary/aromatic N) is 2. The third-order valence-corrected chi connectivity index (χ3v) is 2.84. The Hall–Kier alpha value is -0.870. The van der Waals surface area contributed by atoms with Gasteiger partial charge < -0.3 is 15.0 Å². The Bertz CT molecular complexity index is 277. The zero-order chi connectivity index (χ0) is 12.5. The molecule has 1 atom stereocenters. The summed E-state index contributed by atoms with van der Waals surface area (Å²) >= 11 is 0. The summed E-state index contributed by atoms with van der Waals surface area (Å²) in [4.78, 5) is 4.02. The van der Waals surface area contributed by atoms with Crippen LogP contribution in [0.1, 0.15) is 38.4 Å². The SMILES string of the molecule is C1CCCNCC1.Cc1nccn1CC(C)O. The lowest BCUT2D eigenvalue weighted by Gasteiger charge is -2.05. The van der Waals surface area contributed by atoms with Gasteiger partial charge in [-0.3, -0.25) is 0 Å². The Labute approximate surface area is 104 Å². The first-order chi connectivity index (χ1) is 8.20. The first-order valence-corrected chi connectivity index (χ1v) is 6.56. The maximum absolute atomic E-state index is 9.00. The summed E-state index contributed by atoms with van der Waals surface area (Å²) in [5.41, 5.74) is 0. The largest absolute Gasteiger partial charge is 0.392 e. The zero-order valence-corrected chi connectivity index (χ0v) is 11.0. The Morgan fingerprint density at radius 3 is 2.47 bits per heavy atom. The molecule has 4 nitrogen and oxygen atoms in total. The fourth-order valence-corrected chi connectivity index (χ4v) is 1.86. The van der Waals surface area contributed by atoms with E-state index >= 15 is 0 Å². The number of hydrogen-bond acceptors (Lipinski definition) is 3. The molecular formula is C13H25N3O. The summed E-state index contributed by atoms with van der Waals surface area (Å²) in [6.07, 6.45) is 8.95. The Kier molecular flexibility index (Phi) is 6.89. The van der Waals surface area contributed by atoms with Gasteiger partial charge in [-0.05, 0) is 39.8 Å². The molecule has 17 heavy (non-hydrogen) atoms. The van der Waals surface area contributed by atoms with Crippen molar-refractivity contribution in [1.82, 2.24) is 14.9 Å². The monoisotopic (exact) mass is 239 g/mol. The maximum atomic E-state index is 9.00. The summed E-state index contributed by atoms with van der Waals surface area (Å²) in [7, 11) is 0. The van der Waals surface area contributed by atoms with Gasteiger partial charge in [-0.2, -0.15) is 0 Å². The molecule has 0 bridgehead atoms. The van der Waals surface area contributed by atoms with Crippen LogP contribution in [0, 0.1) is 6.92 Å². The first-order valence-electron chi connectivity index (χ1n) is 6.56. The Morgan fingerprint density at radius 1 is 1.35 bits per heavy atom. The van der Waals surface area contributed by atoms with Crippen molar-refractivity contribution in [3.63, 3.8) is 0 Å². The van der Waals surface area contributed by atoms with Crippen LogP contribution >= 0.6 is 0 Å². The molecule has 0 aromatic carbocycles. The van der Waals surface area contributed by atoms with Crippen LogP contribution in [-0.4, -0.2) is 33.9 Å². The highest BCUT2D eigenvalue weighted by molar-refractivity contribution is 4.88. The fraction of sp³-hybridized carbons (Fsp3) is 0.769. The molecule has 2 N–H and O–H groups in total. The zero-order valence-electron chi connectivity index (χ0n) is 11.0. The molecule has 0 spiro atoms. The highest BCUT2D eigenvalue weighted by Gasteiger charge is 1.99. The van der Waals surface area contributed by atoms with Crippen LogP contribution < -0.4 is 5.32 Å². The number of aliphatic hydroxyl groups excluding tert-OH is 1. The third-order valence-electron chi connectivity index (χ3n) is 2.84. The van der Waals surface area contributed by atoms with Gasteiger partial charge >= 0.3 is 0 Å². The predicted octanol–water partition coefficient (Wildman–Crippen LogP) is 1.72. The lowest BCUT2D eigenvalue weighted by molar-refractivity contribution is 0.172. The van der Waals surface area contributed by atoms with Crippen molar-refractivity contribution in [1.29, 1.82) is 0 Å². The van der Waals surface area contributed by atoms with Crippen LogP contribution in [0.15, 0.2) is 12.4 Å². The minimum atomic E-state index is -0.298. The van der Waals surface area contributed by atoms with Crippen molar-refractivity contribution in [3.05, 3.63) is 18.2 Å². The van der Waals surface area contributed by atoms with Gasteiger partial charge in [0.25, 0.3) is 0 Å². The molecule has 2 rings (SSSR count). The van der Waals surface area contributed by atoms with Gasteiger partial charge in [-0.1, -0.05) is 12.8 Å². The summed E-state index contributed by atoms with van der Waals surface area (Å²) in [6, 6.07) is 0. The summed E-state index contributed by atoms with van der Waals surface area (Å²) in [5, 5.41) is 12.3. The quantitative estimate of drug-likeness (QED) is 0.826. The normalized spacial score (nSPS) is 17.8. The molecule has 1 aliphatic heterocycles. The van der Waals surface area contributed by atoms with Crippen LogP contribution in [0.25, 0.3) is 0 Å². The summed E-state index contributed by atoms with van der Waals surface area (Å²) in [6.45, 7) is 6.81. The second-order valence-corrected chi connectivity index (χ2v) is 4.64. The minimum absolute atomic E-state index is 0.298. The number of aromatic nitrogens is 2. The van der Waals surface area contributed by atoms with E-state index in [1.165, 1.54) is 38.8 Å². The second-order valence-electron chi connectivity index (χ2n) is 4.64. The first kappa shape index (κ1) is 14.2. The average molecular weight is 239 g/mol. The number of rotatable bonds is 2. The highest BCUT2D eigenvalue weighted by atomic mass is 16.3. The number of imidazole rings is 1. The molecule has 1 fully saturated rings. The summed E-state index contributed by atoms with van der Waals surface area (Å²) in [5.74, 6) is 0.945. The van der Waals surface area contributed by atoms with Crippen molar-refractivity contribution in [2.75, 3.05) is 13.1 Å². The van der Waals surface area contributed by atoms with E-state index in [-0.39, 0.29) is 6.10 Å². The van der Waals surface area contributed by atoms with E-state index in [1.807, 2.05) is 17.7 Å². The van der Waals surface area contributed by atoms with Crippen LogP contribution in [0.5, 0.6) is 0 Å². The fourth-order valence-electron chi connectivity index (χ4n) is 1.86. The van der Waals surface area contributed by atoms with Crippen LogP contribution in [0.3, 0.4) is 0 Å². The highest BCUT2D eigenvalue weighted by Crippen LogP contribution is 2.00. The Morgan fingerprint density at radius 2 is 2.00 bits per heavy atom. The van der Waals surface area contributed by atoms with Gasteiger partial charge in [0.1, 0.15) is 5.82 Å². The van der Waals surface area contributed by atoms with E-state index in [0.717, 1.165) is 5.82 Å². The van der Waals surface area contributed by atoms with E-state index in [4.69, 9.17) is 5.11 Å². The molecule has 1 aromatic heterocycles. The molecule has 98 valence electrons. The molecule has 1 saturated heterocycles. The molecule has 0 saturated carbocycles. The number of nitrogens with one attached hydrogen (secondary N) is 1. The maximum Gasteiger partial charge on any atom is 0.105 e. The van der Waals surface area contributed by atoms with Gasteiger partial charge in [0.05, 0.1) is 6.10 Å². The van der Waals surface area contributed by atoms with E-state index < -0.39 is 0 Å². The smallest absolute Gasteiger partial charge is 0.105 e. The van der Waals surface area contributed by atoms with Crippen molar-refractivity contribution in [2.45, 2.75) is 52.2 Å². The number of aryl methyl sites for hydroxylation is 1. The van der Waals surface area contributed by atoms with Gasteiger partial charge in [-0.25, -0.2) is 4.98 Å². The third kappa shape index (κ3) is 6.44.